The van der Waals surface area contributed by atoms with E-state index >= 15 is 0 Å². The van der Waals surface area contributed by atoms with E-state index in [4.69, 9.17) is 4.42 Å². The summed E-state index contributed by atoms with van der Waals surface area (Å²) in [6, 6.07) is 8.13. The van der Waals surface area contributed by atoms with E-state index in [0.717, 1.165) is 5.56 Å². The van der Waals surface area contributed by atoms with E-state index in [-0.39, 0.29) is 11.6 Å². The van der Waals surface area contributed by atoms with Gasteiger partial charge < -0.3 is 9.32 Å². The standard InChI is InChI=1S/C19H16N4O4S/c1-11-16(18(28-2)21-17(20-11)15-4-3-9-27-15)19(24)22-8-7-12-5-6-13(23(25)26)10-14(12)22/h3-6,9-10H,7-8H2,1-2H3. The van der Waals surface area contributed by atoms with Gasteiger partial charge in [-0.05, 0) is 37.3 Å². The van der Waals surface area contributed by atoms with Crippen LogP contribution in [0.4, 0.5) is 11.4 Å². The summed E-state index contributed by atoms with van der Waals surface area (Å²) in [5.74, 6) is 0.687. The number of nitro groups is 1. The van der Waals surface area contributed by atoms with Crippen LogP contribution in [0.25, 0.3) is 11.6 Å². The van der Waals surface area contributed by atoms with Crippen molar-refractivity contribution in [3.05, 3.63) is 63.5 Å². The Bertz CT molecular complexity index is 1080. The van der Waals surface area contributed by atoms with Crippen molar-refractivity contribution in [1.29, 1.82) is 0 Å². The summed E-state index contributed by atoms with van der Waals surface area (Å²) in [5, 5.41) is 11.7. The number of thioether (sulfide) groups is 1. The van der Waals surface area contributed by atoms with Crippen molar-refractivity contribution in [2.75, 3.05) is 17.7 Å². The molecule has 0 radical (unpaired) electrons. The van der Waals surface area contributed by atoms with E-state index in [9.17, 15) is 14.9 Å². The van der Waals surface area contributed by atoms with Crippen LogP contribution in [0.5, 0.6) is 0 Å². The number of nitrogens with zero attached hydrogens (tertiary/aromatic N) is 4. The van der Waals surface area contributed by atoms with Gasteiger partial charge in [-0.1, -0.05) is 6.07 Å². The normalized spacial score (nSPS) is 12.9. The van der Waals surface area contributed by atoms with Crippen LogP contribution in [0.15, 0.2) is 46.0 Å². The fraction of sp³-hybridized carbons (Fsp3) is 0.211. The Balaban J connectivity index is 1.76. The molecule has 0 spiro atoms. The molecule has 0 bridgehead atoms. The molecule has 0 atom stereocenters. The van der Waals surface area contributed by atoms with Gasteiger partial charge in [-0.25, -0.2) is 9.97 Å². The molecule has 0 saturated heterocycles. The molecule has 0 saturated carbocycles. The third-order valence-electron chi connectivity index (χ3n) is 4.63. The number of furan rings is 1. The van der Waals surface area contributed by atoms with E-state index in [2.05, 4.69) is 9.97 Å². The number of hydrogen-bond acceptors (Lipinski definition) is 7. The lowest BCUT2D eigenvalue weighted by atomic mass is 10.1. The number of carbonyl (C=O) groups excluding carboxylic acids is 1. The van der Waals surface area contributed by atoms with Gasteiger partial charge in [0.2, 0.25) is 0 Å². The number of benzene rings is 1. The second kappa shape index (κ2) is 7.08. The molecule has 1 aromatic carbocycles. The largest absolute Gasteiger partial charge is 0.461 e. The average molecular weight is 396 g/mol. The molecule has 1 amide bonds. The summed E-state index contributed by atoms with van der Waals surface area (Å²) < 4.78 is 5.36. The minimum Gasteiger partial charge on any atom is -0.461 e. The molecule has 1 aliphatic heterocycles. The number of hydrogen-bond donors (Lipinski definition) is 0. The number of nitro benzene ring substituents is 1. The van der Waals surface area contributed by atoms with Gasteiger partial charge in [0, 0.05) is 18.7 Å². The first-order valence-electron chi connectivity index (χ1n) is 8.55. The lowest BCUT2D eigenvalue weighted by Crippen LogP contribution is -2.30. The van der Waals surface area contributed by atoms with E-state index in [1.165, 1.54) is 23.9 Å². The number of amides is 1. The minimum absolute atomic E-state index is 0.0373. The minimum atomic E-state index is -0.457. The van der Waals surface area contributed by atoms with Crippen LogP contribution >= 0.6 is 11.8 Å². The van der Waals surface area contributed by atoms with Crippen molar-refractivity contribution in [1.82, 2.24) is 9.97 Å². The highest BCUT2D eigenvalue weighted by atomic mass is 32.2. The molecule has 0 fully saturated rings. The Hall–Kier alpha value is -3.20. The van der Waals surface area contributed by atoms with E-state index in [1.807, 2.05) is 6.26 Å². The maximum Gasteiger partial charge on any atom is 0.271 e. The summed E-state index contributed by atoms with van der Waals surface area (Å²) in [6.45, 7) is 2.22. The lowest BCUT2D eigenvalue weighted by Gasteiger charge is -2.19. The maximum absolute atomic E-state index is 13.3. The summed E-state index contributed by atoms with van der Waals surface area (Å²) in [5.41, 5.74) is 2.39. The fourth-order valence-corrected chi connectivity index (χ4v) is 3.90. The van der Waals surface area contributed by atoms with Crippen LogP contribution in [-0.4, -0.2) is 33.6 Å². The van der Waals surface area contributed by atoms with Crippen LogP contribution in [0.3, 0.4) is 0 Å². The first-order valence-corrected chi connectivity index (χ1v) is 9.77. The van der Waals surface area contributed by atoms with Crippen LogP contribution in [0, 0.1) is 17.0 Å². The van der Waals surface area contributed by atoms with Crippen molar-refractivity contribution in [3.63, 3.8) is 0 Å². The predicted molar refractivity (Wildman–Crippen MR) is 105 cm³/mol. The predicted octanol–water partition coefficient (Wildman–Crippen LogP) is 3.88. The lowest BCUT2D eigenvalue weighted by molar-refractivity contribution is -0.384. The molecule has 28 heavy (non-hydrogen) atoms. The summed E-state index contributed by atoms with van der Waals surface area (Å²) in [6.07, 6.45) is 4.03. The fourth-order valence-electron chi connectivity index (χ4n) is 3.28. The molecule has 8 nitrogen and oxygen atoms in total. The van der Waals surface area contributed by atoms with Crippen molar-refractivity contribution < 1.29 is 14.1 Å². The number of fused-ring (bicyclic) bond motifs is 1. The Kier molecular flexibility index (Phi) is 4.60. The molecule has 9 heteroatoms. The molecule has 0 unspecified atom stereocenters. The van der Waals surface area contributed by atoms with Crippen molar-refractivity contribution in [2.24, 2.45) is 0 Å². The number of aryl methyl sites for hydroxylation is 1. The molecular weight excluding hydrogens is 380 g/mol. The van der Waals surface area contributed by atoms with Crippen LogP contribution in [-0.2, 0) is 6.42 Å². The number of carbonyl (C=O) groups is 1. The molecule has 0 N–H and O–H groups in total. The molecule has 142 valence electrons. The Morgan fingerprint density at radius 3 is 2.82 bits per heavy atom. The van der Waals surface area contributed by atoms with E-state index in [0.29, 0.717) is 46.5 Å². The Morgan fingerprint density at radius 1 is 1.32 bits per heavy atom. The molecule has 2 aromatic heterocycles. The van der Waals surface area contributed by atoms with Gasteiger partial charge in [-0.2, -0.15) is 0 Å². The van der Waals surface area contributed by atoms with Crippen LogP contribution < -0.4 is 4.90 Å². The van der Waals surface area contributed by atoms with Crippen molar-refractivity contribution >= 4 is 29.0 Å². The van der Waals surface area contributed by atoms with Crippen LogP contribution in [0.1, 0.15) is 21.6 Å². The highest BCUT2D eigenvalue weighted by Gasteiger charge is 2.31. The van der Waals surface area contributed by atoms with Crippen molar-refractivity contribution in [2.45, 2.75) is 18.4 Å². The monoisotopic (exact) mass is 396 g/mol. The van der Waals surface area contributed by atoms with E-state index < -0.39 is 4.92 Å². The SMILES string of the molecule is CSc1nc(-c2ccco2)nc(C)c1C(=O)N1CCc2ccc([N+](=O)[O-])cc21. The molecule has 1 aliphatic rings. The molecule has 3 heterocycles. The summed E-state index contributed by atoms with van der Waals surface area (Å²) in [7, 11) is 0. The van der Waals surface area contributed by atoms with Gasteiger partial charge in [-0.15, -0.1) is 11.8 Å². The average Bonchev–Trinajstić information content (AvgIpc) is 3.36. The van der Waals surface area contributed by atoms with Crippen LogP contribution in [0.2, 0.25) is 0 Å². The summed E-state index contributed by atoms with van der Waals surface area (Å²) in [4.78, 5) is 34.5. The number of anilines is 1. The molecular formula is C19H16N4O4S. The smallest absolute Gasteiger partial charge is 0.271 e. The zero-order valence-corrected chi connectivity index (χ0v) is 16.0. The Labute approximate surface area is 164 Å². The highest BCUT2D eigenvalue weighted by Crippen LogP contribution is 2.34. The first-order chi connectivity index (χ1) is 13.5. The number of rotatable bonds is 4. The number of aromatic nitrogens is 2. The van der Waals surface area contributed by atoms with E-state index in [1.54, 1.807) is 36.3 Å². The highest BCUT2D eigenvalue weighted by molar-refractivity contribution is 7.98. The Morgan fingerprint density at radius 2 is 2.14 bits per heavy atom. The quantitative estimate of drug-likeness (QED) is 0.285. The third-order valence-corrected chi connectivity index (χ3v) is 5.31. The van der Waals surface area contributed by atoms with Gasteiger partial charge in [0.1, 0.15) is 5.03 Å². The van der Waals surface area contributed by atoms with Gasteiger partial charge >= 0.3 is 0 Å². The molecule has 3 aromatic rings. The summed E-state index contributed by atoms with van der Waals surface area (Å²) >= 11 is 1.35. The van der Waals surface area contributed by atoms with Gasteiger partial charge in [0.15, 0.2) is 11.6 Å². The zero-order valence-electron chi connectivity index (χ0n) is 15.2. The van der Waals surface area contributed by atoms with Crippen molar-refractivity contribution in [3.8, 4) is 11.6 Å². The first kappa shape index (κ1) is 18.2. The van der Waals surface area contributed by atoms with Gasteiger partial charge in [-0.3, -0.25) is 14.9 Å². The second-order valence-corrected chi connectivity index (χ2v) is 7.07. The molecule has 4 rings (SSSR count). The molecule has 0 aliphatic carbocycles. The van der Waals surface area contributed by atoms with Gasteiger partial charge in [0.25, 0.3) is 11.6 Å². The third kappa shape index (κ3) is 3.03. The maximum atomic E-state index is 13.3. The zero-order chi connectivity index (χ0) is 19.8. The topological polar surface area (TPSA) is 102 Å². The van der Waals surface area contributed by atoms with Gasteiger partial charge in [0.05, 0.1) is 28.1 Å². The second-order valence-electron chi connectivity index (χ2n) is 6.27. The number of non-ortho nitro benzene ring substituents is 1.